The van der Waals surface area contributed by atoms with E-state index in [4.69, 9.17) is 4.98 Å². The van der Waals surface area contributed by atoms with Crippen LogP contribution >= 0.6 is 11.3 Å². The van der Waals surface area contributed by atoms with Gasteiger partial charge in [0.05, 0.1) is 16.2 Å². The molecule has 0 spiro atoms. The highest BCUT2D eigenvalue weighted by atomic mass is 32.1. The molecule has 4 nitrogen and oxygen atoms in total. The van der Waals surface area contributed by atoms with Crippen molar-refractivity contribution in [3.05, 3.63) is 45.9 Å². The van der Waals surface area contributed by atoms with Crippen LogP contribution < -0.4 is 5.32 Å². The van der Waals surface area contributed by atoms with Crippen molar-refractivity contribution in [3.63, 3.8) is 0 Å². The summed E-state index contributed by atoms with van der Waals surface area (Å²) in [5, 5.41) is 5.18. The molecule has 1 aromatic carbocycles. The molecule has 118 valence electrons. The van der Waals surface area contributed by atoms with Gasteiger partial charge in [0.1, 0.15) is 18.0 Å². The number of fused-ring (bicyclic) bond motifs is 2. The first kappa shape index (κ1) is 14.5. The summed E-state index contributed by atoms with van der Waals surface area (Å²) in [6.07, 6.45) is 7.20. The second-order valence-corrected chi connectivity index (χ2v) is 6.91. The number of nitrogens with zero attached hydrogens (tertiary/aromatic N) is 3. The molecule has 4 rings (SSSR count). The number of rotatable bonds is 4. The minimum absolute atomic E-state index is 0.275. The van der Waals surface area contributed by atoms with Crippen LogP contribution in [0.1, 0.15) is 28.4 Å². The normalized spacial score (nSPS) is 14.0. The van der Waals surface area contributed by atoms with Gasteiger partial charge in [-0.05, 0) is 43.9 Å². The lowest BCUT2D eigenvalue weighted by Gasteiger charge is -2.07. The molecule has 1 N–H and O–H groups in total. The number of aromatic nitrogens is 3. The third kappa shape index (κ3) is 3.03. The fourth-order valence-electron chi connectivity index (χ4n) is 2.97. The smallest absolute Gasteiger partial charge is 0.137 e. The topological polar surface area (TPSA) is 50.7 Å². The van der Waals surface area contributed by atoms with Crippen molar-refractivity contribution >= 4 is 28.1 Å². The van der Waals surface area contributed by atoms with Crippen LogP contribution in [0.3, 0.4) is 0 Å². The number of hydrogen-bond donors (Lipinski definition) is 1. The highest BCUT2D eigenvalue weighted by Crippen LogP contribution is 2.27. The maximum absolute atomic E-state index is 13.4. The Morgan fingerprint density at radius 1 is 1.17 bits per heavy atom. The molecule has 0 bridgehead atoms. The summed E-state index contributed by atoms with van der Waals surface area (Å²) in [5.74, 6) is 0.402. The van der Waals surface area contributed by atoms with E-state index in [0.717, 1.165) is 24.9 Å². The summed E-state index contributed by atoms with van der Waals surface area (Å²) in [4.78, 5) is 14.6. The SMILES string of the molecule is Fc1ccc2ncnc(NCCc3nc4c(s3)CCCC4)c2c1. The molecule has 23 heavy (non-hydrogen) atoms. The van der Waals surface area contributed by atoms with Crippen molar-refractivity contribution in [1.82, 2.24) is 15.0 Å². The quantitative estimate of drug-likeness (QED) is 0.792. The van der Waals surface area contributed by atoms with E-state index in [9.17, 15) is 4.39 Å². The van der Waals surface area contributed by atoms with Crippen molar-refractivity contribution in [2.75, 3.05) is 11.9 Å². The third-order valence-electron chi connectivity index (χ3n) is 4.12. The lowest BCUT2D eigenvalue weighted by molar-refractivity contribution is 0.629. The van der Waals surface area contributed by atoms with Crippen molar-refractivity contribution < 1.29 is 4.39 Å². The van der Waals surface area contributed by atoms with Gasteiger partial charge in [0.2, 0.25) is 0 Å². The van der Waals surface area contributed by atoms with E-state index in [1.807, 2.05) is 11.3 Å². The van der Waals surface area contributed by atoms with Gasteiger partial charge in [-0.25, -0.2) is 19.3 Å². The molecule has 0 saturated carbocycles. The molecule has 3 aromatic rings. The zero-order chi connectivity index (χ0) is 15.6. The number of benzene rings is 1. The standard InChI is InChI=1S/C17H17FN4S/c18-11-5-6-13-12(9-11)17(21-10-20-13)19-8-7-16-22-14-3-1-2-4-15(14)23-16/h5-6,9-10H,1-4,7-8H2,(H,19,20,21). The van der Waals surface area contributed by atoms with Crippen molar-refractivity contribution in [1.29, 1.82) is 0 Å². The minimum Gasteiger partial charge on any atom is -0.369 e. The van der Waals surface area contributed by atoms with Gasteiger partial charge in [0, 0.05) is 23.2 Å². The van der Waals surface area contributed by atoms with Gasteiger partial charge in [0.15, 0.2) is 0 Å². The van der Waals surface area contributed by atoms with Crippen LogP contribution in [-0.2, 0) is 19.3 Å². The van der Waals surface area contributed by atoms with E-state index in [0.29, 0.717) is 11.2 Å². The molecule has 1 aliphatic carbocycles. The summed E-state index contributed by atoms with van der Waals surface area (Å²) < 4.78 is 13.4. The molecule has 2 aromatic heterocycles. The molecular formula is C17H17FN4S. The lowest BCUT2D eigenvalue weighted by Crippen LogP contribution is -2.07. The number of thiazole rings is 1. The van der Waals surface area contributed by atoms with Crippen LogP contribution in [0.15, 0.2) is 24.5 Å². The van der Waals surface area contributed by atoms with Crippen LogP contribution in [0, 0.1) is 5.82 Å². The van der Waals surface area contributed by atoms with Crippen molar-refractivity contribution in [2.24, 2.45) is 0 Å². The van der Waals surface area contributed by atoms with E-state index >= 15 is 0 Å². The lowest BCUT2D eigenvalue weighted by atomic mass is 10.0. The number of nitrogens with one attached hydrogen (secondary N) is 1. The van der Waals surface area contributed by atoms with Gasteiger partial charge < -0.3 is 5.32 Å². The monoisotopic (exact) mass is 328 g/mol. The average Bonchev–Trinajstić information content (AvgIpc) is 2.98. The zero-order valence-corrected chi connectivity index (χ0v) is 13.5. The first-order chi connectivity index (χ1) is 11.3. The predicted octanol–water partition coefficient (Wildman–Crippen LogP) is 3.76. The number of hydrogen-bond acceptors (Lipinski definition) is 5. The second kappa shape index (κ2) is 6.20. The zero-order valence-electron chi connectivity index (χ0n) is 12.7. The molecule has 0 unspecified atom stereocenters. The summed E-state index contributed by atoms with van der Waals surface area (Å²) in [7, 11) is 0. The number of anilines is 1. The highest BCUT2D eigenvalue weighted by molar-refractivity contribution is 7.11. The molecule has 6 heteroatoms. The maximum atomic E-state index is 13.4. The van der Waals surface area contributed by atoms with Gasteiger partial charge in [0.25, 0.3) is 0 Å². The molecule has 1 aliphatic rings. The van der Waals surface area contributed by atoms with E-state index in [2.05, 4.69) is 15.3 Å². The Labute approximate surface area is 137 Å². The Hall–Kier alpha value is -2.08. The van der Waals surface area contributed by atoms with Crippen LogP contribution in [0.25, 0.3) is 10.9 Å². The molecule has 0 amide bonds. The molecule has 0 aliphatic heterocycles. The fourth-order valence-corrected chi connectivity index (χ4v) is 4.13. The predicted molar refractivity (Wildman–Crippen MR) is 90.4 cm³/mol. The number of aryl methyl sites for hydroxylation is 2. The van der Waals surface area contributed by atoms with Gasteiger partial charge in [-0.3, -0.25) is 0 Å². The Morgan fingerprint density at radius 3 is 3.00 bits per heavy atom. The van der Waals surface area contributed by atoms with Gasteiger partial charge >= 0.3 is 0 Å². The fraction of sp³-hybridized carbons (Fsp3) is 0.353. The van der Waals surface area contributed by atoms with Gasteiger partial charge in [-0.15, -0.1) is 11.3 Å². The van der Waals surface area contributed by atoms with Crippen LogP contribution in [-0.4, -0.2) is 21.5 Å². The molecular weight excluding hydrogens is 311 g/mol. The van der Waals surface area contributed by atoms with Crippen molar-refractivity contribution in [3.8, 4) is 0 Å². The second-order valence-electron chi connectivity index (χ2n) is 5.75. The Morgan fingerprint density at radius 2 is 2.09 bits per heavy atom. The summed E-state index contributed by atoms with van der Waals surface area (Å²) in [6, 6.07) is 4.56. The Bertz CT molecular complexity index is 822. The number of halogens is 1. The molecule has 0 fully saturated rings. The maximum Gasteiger partial charge on any atom is 0.137 e. The van der Waals surface area contributed by atoms with Crippen LogP contribution in [0.4, 0.5) is 10.2 Å². The van der Waals surface area contributed by atoms with Gasteiger partial charge in [-0.2, -0.15) is 0 Å². The Kier molecular flexibility index (Phi) is 3.91. The average molecular weight is 328 g/mol. The molecule has 0 radical (unpaired) electrons. The van der Waals surface area contributed by atoms with E-state index in [1.165, 1.54) is 53.3 Å². The van der Waals surface area contributed by atoms with E-state index in [-0.39, 0.29) is 5.82 Å². The Balaban J connectivity index is 1.47. The largest absolute Gasteiger partial charge is 0.369 e. The third-order valence-corrected chi connectivity index (χ3v) is 5.34. The van der Waals surface area contributed by atoms with Crippen molar-refractivity contribution in [2.45, 2.75) is 32.1 Å². The summed E-state index contributed by atoms with van der Waals surface area (Å²) >= 11 is 1.83. The summed E-state index contributed by atoms with van der Waals surface area (Å²) in [5.41, 5.74) is 2.04. The highest BCUT2D eigenvalue weighted by Gasteiger charge is 2.14. The molecule has 0 atom stereocenters. The molecule has 2 heterocycles. The van der Waals surface area contributed by atoms with E-state index in [1.54, 1.807) is 6.07 Å². The van der Waals surface area contributed by atoms with E-state index < -0.39 is 0 Å². The summed E-state index contributed by atoms with van der Waals surface area (Å²) in [6.45, 7) is 0.731. The van der Waals surface area contributed by atoms with Gasteiger partial charge in [-0.1, -0.05) is 0 Å². The van der Waals surface area contributed by atoms with Crippen LogP contribution in [0.2, 0.25) is 0 Å². The van der Waals surface area contributed by atoms with Crippen LogP contribution in [0.5, 0.6) is 0 Å². The minimum atomic E-state index is -0.275. The molecule has 0 saturated heterocycles. The first-order valence-corrected chi connectivity index (χ1v) is 8.73. The first-order valence-electron chi connectivity index (χ1n) is 7.91.